The number of ketones is 1. The number of aliphatic carboxylic acids is 1. The van der Waals surface area contributed by atoms with Crippen molar-refractivity contribution in [3.8, 4) is 16.9 Å². The minimum Gasteiger partial charge on any atom is -0.494 e. The summed E-state index contributed by atoms with van der Waals surface area (Å²) in [6.45, 7) is 0.913. The monoisotopic (exact) mass is 578 g/mol. The fourth-order valence-electron chi connectivity index (χ4n) is 4.44. The number of rotatable bonds is 14. The maximum Gasteiger partial charge on any atom is 0.339 e. The summed E-state index contributed by atoms with van der Waals surface area (Å²) in [7, 11) is 0. The third-order valence-corrected chi connectivity index (χ3v) is 6.67. The Morgan fingerprint density at radius 1 is 0.674 bits per heavy atom. The SMILES string of the molecule is Nc1cc(N)cc(C(=O)OCCCCCCOc2ccc(-c3ccc(C=C(C(=O)O)C(=O)c4ccccc4)cc3)cc2)c1. The number of Topliss-reactive ketones (excluding diaryl/α,β-unsaturated/α-hetero) is 1. The van der Waals surface area contributed by atoms with Crippen LogP contribution in [0.3, 0.4) is 0 Å². The lowest BCUT2D eigenvalue weighted by atomic mass is 9.99. The molecule has 0 spiro atoms. The summed E-state index contributed by atoms with van der Waals surface area (Å²) >= 11 is 0. The zero-order chi connectivity index (χ0) is 30.6. The lowest BCUT2D eigenvalue weighted by Crippen LogP contribution is -2.12. The lowest BCUT2D eigenvalue weighted by Gasteiger charge is -2.09. The second kappa shape index (κ2) is 15.0. The number of anilines is 2. The third-order valence-electron chi connectivity index (χ3n) is 6.67. The molecule has 220 valence electrons. The second-order valence-corrected chi connectivity index (χ2v) is 9.99. The summed E-state index contributed by atoms with van der Waals surface area (Å²) in [4.78, 5) is 36.5. The zero-order valence-corrected chi connectivity index (χ0v) is 23.7. The highest BCUT2D eigenvalue weighted by molar-refractivity contribution is 6.26. The Labute approximate surface area is 250 Å². The van der Waals surface area contributed by atoms with Crippen LogP contribution in [0, 0.1) is 0 Å². The number of carboxylic acids is 1. The molecule has 0 saturated heterocycles. The quantitative estimate of drug-likeness (QED) is 0.0287. The molecule has 0 aliphatic heterocycles. The molecular formula is C35H34N2O6. The first-order valence-corrected chi connectivity index (χ1v) is 14.0. The molecular weight excluding hydrogens is 544 g/mol. The molecule has 0 saturated carbocycles. The van der Waals surface area contributed by atoms with Gasteiger partial charge in [0.15, 0.2) is 5.78 Å². The van der Waals surface area contributed by atoms with E-state index in [-0.39, 0.29) is 5.57 Å². The minimum absolute atomic E-state index is 0.288. The zero-order valence-electron chi connectivity index (χ0n) is 23.7. The summed E-state index contributed by atoms with van der Waals surface area (Å²) in [6, 6.07) is 28.1. The van der Waals surface area contributed by atoms with E-state index in [0.717, 1.165) is 42.6 Å². The van der Waals surface area contributed by atoms with Crippen molar-refractivity contribution in [2.24, 2.45) is 0 Å². The van der Waals surface area contributed by atoms with Crippen LogP contribution in [-0.4, -0.2) is 36.0 Å². The van der Waals surface area contributed by atoms with Crippen molar-refractivity contribution in [2.75, 3.05) is 24.7 Å². The molecule has 0 bridgehead atoms. The average molecular weight is 579 g/mol. The first kappa shape index (κ1) is 30.6. The van der Waals surface area contributed by atoms with Crippen molar-refractivity contribution in [2.45, 2.75) is 25.7 Å². The minimum atomic E-state index is -1.27. The van der Waals surface area contributed by atoms with Crippen molar-refractivity contribution in [1.82, 2.24) is 0 Å². The number of nitrogen functional groups attached to an aromatic ring is 2. The van der Waals surface area contributed by atoms with Crippen molar-refractivity contribution >= 4 is 35.2 Å². The van der Waals surface area contributed by atoms with Crippen molar-refractivity contribution in [1.29, 1.82) is 0 Å². The van der Waals surface area contributed by atoms with Gasteiger partial charge in [0.05, 0.1) is 18.8 Å². The maximum atomic E-state index is 12.7. The highest BCUT2D eigenvalue weighted by atomic mass is 16.5. The molecule has 4 aromatic carbocycles. The molecule has 4 aromatic rings. The number of carbonyl (C=O) groups excluding carboxylic acids is 2. The summed E-state index contributed by atoms with van der Waals surface area (Å²) < 4.78 is 11.2. The summed E-state index contributed by atoms with van der Waals surface area (Å²) in [6.07, 6.45) is 4.88. The predicted molar refractivity (Wildman–Crippen MR) is 168 cm³/mol. The van der Waals surface area contributed by atoms with E-state index in [1.54, 1.807) is 60.7 Å². The molecule has 43 heavy (non-hydrogen) atoms. The van der Waals surface area contributed by atoms with Gasteiger partial charge in [0, 0.05) is 16.9 Å². The van der Waals surface area contributed by atoms with Gasteiger partial charge in [-0.1, -0.05) is 66.7 Å². The fraction of sp³-hybridized carbons (Fsp3) is 0.171. The van der Waals surface area contributed by atoms with E-state index in [9.17, 15) is 19.5 Å². The number of carboxylic acid groups (broad SMARTS) is 1. The Morgan fingerprint density at radius 2 is 1.26 bits per heavy atom. The summed E-state index contributed by atoms with van der Waals surface area (Å²) in [5.74, 6) is -1.46. The Bertz CT molecular complexity index is 1560. The number of unbranched alkanes of at least 4 members (excludes halogenated alkanes) is 3. The van der Waals surface area contributed by atoms with Crippen LogP contribution < -0.4 is 16.2 Å². The third kappa shape index (κ3) is 9.06. The molecule has 0 radical (unpaired) electrons. The molecule has 0 atom stereocenters. The van der Waals surface area contributed by atoms with E-state index in [1.165, 1.54) is 6.08 Å². The molecule has 0 unspecified atom stereocenters. The summed E-state index contributed by atoms with van der Waals surface area (Å²) in [5, 5.41) is 9.60. The van der Waals surface area contributed by atoms with Gasteiger partial charge in [-0.3, -0.25) is 4.79 Å². The lowest BCUT2D eigenvalue weighted by molar-refractivity contribution is -0.132. The van der Waals surface area contributed by atoms with Gasteiger partial charge in [-0.2, -0.15) is 0 Å². The summed E-state index contributed by atoms with van der Waals surface area (Å²) in [5.41, 5.74) is 15.2. The Hall–Kier alpha value is -5.37. The molecule has 0 aromatic heterocycles. The number of nitrogens with two attached hydrogens (primary N) is 2. The average Bonchev–Trinajstić information content (AvgIpc) is 3.01. The van der Waals surface area contributed by atoms with Crippen molar-refractivity contribution in [3.63, 3.8) is 0 Å². The standard InChI is InChI=1S/C35H34N2O6/c36-29-21-28(22-30(37)23-29)35(41)43-19-7-2-1-6-18-42-31-16-14-26(15-17-31)25-12-10-24(11-13-25)20-32(34(39)40)33(38)27-8-4-3-5-9-27/h3-5,8-17,20-23H,1-2,6-7,18-19,36-37H2,(H,39,40). The Balaban J connectivity index is 1.19. The van der Waals surface area contributed by atoms with Crippen LogP contribution in [0.4, 0.5) is 11.4 Å². The fourth-order valence-corrected chi connectivity index (χ4v) is 4.44. The highest BCUT2D eigenvalue weighted by Gasteiger charge is 2.19. The van der Waals surface area contributed by atoms with Gasteiger partial charge in [-0.05, 0) is 78.8 Å². The normalized spacial score (nSPS) is 11.1. The van der Waals surface area contributed by atoms with E-state index in [2.05, 4.69) is 0 Å². The van der Waals surface area contributed by atoms with E-state index >= 15 is 0 Å². The highest BCUT2D eigenvalue weighted by Crippen LogP contribution is 2.24. The van der Waals surface area contributed by atoms with E-state index in [0.29, 0.717) is 41.3 Å². The number of hydrogen-bond donors (Lipinski definition) is 3. The molecule has 0 aliphatic carbocycles. The van der Waals surface area contributed by atoms with Crippen LogP contribution in [0.25, 0.3) is 17.2 Å². The number of carbonyl (C=O) groups is 3. The van der Waals surface area contributed by atoms with Crippen LogP contribution >= 0.6 is 0 Å². The Morgan fingerprint density at radius 3 is 1.86 bits per heavy atom. The smallest absolute Gasteiger partial charge is 0.339 e. The molecule has 5 N–H and O–H groups in total. The first-order valence-electron chi connectivity index (χ1n) is 14.0. The first-order chi connectivity index (χ1) is 20.8. The Kier molecular flexibility index (Phi) is 10.7. The van der Waals surface area contributed by atoms with Gasteiger partial charge in [0.2, 0.25) is 0 Å². The van der Waals surface area contributed by atoms with Crippen LogP contribution in [-0.2, 0) is 9.53 Å². The predicted octanol–water partition coefficient (Wildman–Crippen LogP) is 6.67. The van der Waals surface area contributed by atoms with Crippen LogP contribution in [0.5, 0.6) is 5.75 Å². The van der Waals surface area contributed by atoms with Crippen LogP contribution in [0.2, 0.25) is 0 Å². The number of hydrogen-bond acceptors (Lipinski definition) is 7. The second-order valence-electron chi connectivity index (χ2n) is 9.99. The molecule has 8 nitrogen and oxygen atoms in total. The number of ether oxygens (including phenoxy) is 2. The molecule has 0 heterocycles. The van der Waals surface area contributed by atoms with Gasteiger partial charge < -0.3 is 26.0 Å². The molecule has 0 fully saturated rings. The maximum absolute atomic E-state index is 12.7. The van der Waals surface area contributed by atoms with Crippen molar-refractivity contribution in [3.05, 3.63) is 119 Å². The van der Waals surface area contributed by atoms with E-state index in [4.69, 9.17) is 20.9 Å². The van der Waals surface area contributed by atoms with Crippen molar-refractivity contribution < 1.29 is 29.0 Å². The van der Waals surface area contributed by atoms with Gasteiger partial charge in [0.25, 0.3) is 0 Å². The van der Waals surface area contributed by atoms with Gasteiger partial charge >= 0.3 is 11.9 Å². The van der Waals surface area contributed by atoms with Gasteiger partial charge in [-0.15, -0.1) is 0 Å². The molecule has 4 rings (SSSR count). The number of esters is 1. The van der Waals surface area contributed by atoms with Crippen LogP contribution in [0.1, 0.15) is 52.0 Å². The van der Waals surface area contributed by atoms with Gasteiger partial charge in [0.1, 0.15) is 11.3 Å². The largest absolute Gasteiger partial charge is 0.494 e. The molecule has 0 amide bonds. The molecule has 8 heteroatoms. The molecule has 0 aliphatic rings. The number of benzene rings is 4. The van der Waals surface area contributed by atoms with E-state index in [1.807, 2.05) is 36.4 Å². The van der Waals surface area contributed by atoms with Gasteiger partial charge in [-0.25, -0.2) is 9.59 Å². The van der Waals surface area contributed by atoms with Crippen LogP contribution in [0.15, 0.2) is 103 Å². The topological polar surface area (TPSA) is 142 Å². The van der Waals surface area contributed by atoms with E-state index < -0.39 is 17.7 Å².